The van der Waals surface area contributed by atoms with Crippen molar-refractivity contribution >= 4 is 28.6 Å². The molecule has 0 radical (unpaired) electrons. The lowest BCUT2D eigenvalue weighted by Gasteiger charge is -2.06. The summed E-state index contributed by atoms with van der Waals surface area (Å²) in [5.74, 6) is -5.17. The topological polar surface area (TPSA) is 26.3 Å². The number of hydrogen-bond acceptors (Lipinski definition) is 2. The van der Waals surface area contributed by atoms with Gasteiger partial charge in [-0.1, -0.05) is 0 Å². The molecule has 0 saturated carbocycles. The summed E-state index contributed by atoms with van der Waals surface area (Å²) in [7, 11) is 0. The summed E-state index contributed by atoms with van der Waals surface area (Å²) in [6.07, 6.45) is -3.95. The quantitative estimate of drug-likeness (QED) is 0.595. The minimum atomic E-state index is -3.95. The third kappa shape index (κ3) is 3.08. The molecule has 0 amide bonds. The molecule has 14 heavy (non-hydrogen) atoms. The molecule has 0 heterocycles. The van der Waals surface area contributed by atoms with Crippen molar-refractivity contribution in [3.63, 3.8) is 0 Å². The van der Waals surface area contributed by atoms with Crippen molar-refractivity contribution in [3.8, 4) is 5.75 Å². The Morgan fingerprint density at radius 1 is 1.14 bits per heavy atom. The lowest BCUT2D eigenvalue weighted by molar-refractivity contribution is 0.436. The molecule has 0 saturated heterocycles. The highest BCUT2D eigenvalue weighted by atomic mass is 35.9. The van der Waals surface area contributed by atoms with Crippen molar-refractivity contribution in [1.82, 2.24) is 0 Å². The predicted molar refractivity (Wildman–Crippen MR) is 46.3 cm³/mol. The minimum Gasteiger partial charge on any atom is -0.422 e. The molecule has 0 atom stereocenters. The molecule has 1 aromatic rings. The van der Waals surface area contributed by atoms with Crippen LogP contribution in [-0.4, -0.2) is 0 Å². The van der Waals surface area contributed by atoms with Crippen LogP contribution >= 0.6 is 28.6 Å². The number of benzene rings is 1. The van der Waals surface area contributed by atoms with E-state index in [1.807, 2.05) is 0 Å². The first-order chi connectivity index (χ1) is 6.29. The molecule has 0 aliphatic rings. The smallest absolute Gasteiger partial charge is 0.422 e. The average molecular weight is 265 g/mol. The molecule has 2 nitrogen and oxygen atoms in total. The Kier molecular flexibility index (Phi) is 3.35. The van der Waals surface area contributed by atoms with E-state index in [9.17, 15) is 17.7 Å². The standard InChI is InChI=1S/C6H2Cl2F3O2P/c7-14(8,12)13-3-1-4(9)6(11)5(10)2-3/h1-2H. The second-order valence-corrected chi connectivity index (χ2v) is 6.41. The SMILES string of the molecule is O=P(Cl)(Cl)Oc1cc(F)c(F)c(F)c1. The normalized spacial score (nSPS) is 11.5. The molecule has 0 aliphatic carbocycles. The Morgan fingerprint density at radius 3 is 1.93 bits per heavy atom. The monoisotopic (exact) mass is 264 g/mol. The van der Waals surface area contributed by atoms with Crippen LogP contribution < -0.4 is 4.52 Å². The Hall–Kier alpha value is -0.380. The van der Waals surface area contributed by atoms with Crippen LogP contribution in [0.2, 0.25) is 0 Å². The van der Waals surface area contributed by atoms with Crippen LogP contribution in [0.25, 0.3) is 0 Å². The molecule has 1 aromatic carbocycles. The second-order valence-electron chi connectivity index (χ2n) is 2.21. The van der Waals surface area contributed by atoms with Crippen molar-refractivity contribution in [2.24, 2.45) is 0 Å². The number of hydrogen-bond donors (Lipinski definition) is 0. The van der Waals surface area contributed by atoms with E-state index in [0.29, 0.717) is 12.1 Å². The molecule has 8 heteroatoms. The molecule has 0 fully saturated rings. The van der Waals surface area contributed by atoms with Gasteiger partial charge < -0.3 is 4.52 Å². The highest BCUT2D eigenvalue weighted by molar-refractivity contribution is 8.05. The van der Waals surface area contributed by atoms with Gasteiger partial charge in [0.15, 0.2) is 17.5 Å². The third-order valence-corrected chi connectivity index (χ3v) is 2.01. The summed E-state index contributed by atoms with van der Waals surface area (Å²) >= 11 is 9.94. The molecule has 78 valence electrons. The lowest BCUT2D eigenvalue weighted by atomic mass is 10.3. The van der Waals surface area contributed by atoms with E-state index >= 15 is 0 Å². The van der Waals surface area contributed by atoms with Crippen LogP contribution in [0.3, 0.4) is 0 Å². The fourth-order valence-corrected chi connectivity index (χ4v) is 1.54. The molecular formula is C6H2Cl2F3O2P. The van der Waals surface area contributed by atoms with E-state index in [4.69, 9.17) is 22.5 Å². The fourth-order valence-electron chi connectivity index (χ4n) is 0.708. The summed E-state index contributed by atoms with van der Waals surface area (Å²) in [6.45, 7) is 0. The first kappa shape index (κ1) is 11.7. The van der Waals surface area contributed by atoms with E-state index in [2.05, 4.69) is 4.52 Å². The van der Waals surface area contributed by atoms with Gasteiger partial charge >= 0.3 is 6.07 Å². The largest absolute Gasteiger partial charge is 0.428 e. The molecular weight excluding hydrogens is 263 g/mol. The van der Waals surface area contributed by atoms with Crippen LogP contribution in [0.4, 0.5) is 13.2 Å². The van der Waals surface area contributed by atoms with E-state index in [0.717, 1.165) is 0 Å². The van der Waals surface area contributed by atoms with Gasteiger partial charge in [0.1, 0.15) is 5.75 Å². The zero-order valence-corrected chi connectivity index (χ0v) is 8.71. The average Bonchev–Trinajstić information content (AvgIpc) is 1.96. The fraction of sp³-hybridized carbons (Fsp3) is 0. The first-order valence-corrected chi connectivity index (χ1v) is 6.56. The number of halogens is 5. The summed E-state index contributed by atoms with van der Waals surface area (Å²) in [6, 6.07) is 0.964. The predicted octanol–water partition coefficient (Wildman–Crippen LogP) is 4.07. The van der Waals surface area contributed by atoms with E-state index < -0.39 is 29.3 Å². The third-order valence-electron chi connectivity index (χ3n) is 1.17. The van der Waals surface area contributed by atoms with Crippen molar-refractivity contribution < 1.29 is 22.3 Å². The zero-order chi connectivity index (χ0) is 10.9. The van der Waals surface area contributed by atoms with Crippen LogP contribution in [0.1, 0.15) is 0 Å². The zero-order valence-electron chi connectivity index (χ0n) is 6.31. The van der Waals surface area contributed by atoms with Gasteiger partial charge in [0.25, 0.3) is 0 Å². The Morgan fingerprint density at radius 2 is 1.57 bits per heavy atom. The van der Waals surface area contributed by atoms with Gasteiger partial charge in [0.05, 0.1) is 0 Å². The van der Waals surface area contributed by atoms with Crippen molar-refractivity contribution in [3.05, 3.63) is 29.6 Å². The lowest BCUT2D eigenvalue weighted by Crippen LogP contribution is -1.92. The molecule has 0 aromatic heterocycles. The van der Waals surface area contributed by atoms with Crippen LogP contribution in [0, 0.1) is 17.5 Å². The Bertz CT molecular complexity index is 383. The van der Waals surface area contributed by atoms with Gasteiger partial charge in [-0.2, -0.15) is 0 Å². The van der Waals surface area contributed by atoms with Crippen LogP contribution in [0.5, 0.6) is 5.75 Å². The Labute approximate surface area is 86.6 Å². The maximum Gasteiger partial charge on any atom is 0.428 e. The first-order valence-electron chi connectivity index (χ1n) is 3.13. The van der Waals surface area contributed by atoms with Gasteiger partial charge in [-0.05, 0) is 0 Å². The van der Waals surface area contributed by atoms with Gasteiger partial charge in [-0.3, -0.25) is 0 Å². The molecule has 1 rings (SSSR count). The molecule has 0 bridgehead atoms. The van der Waals surface area contributed by atoms with Gasteiger partial charge in [-0.25, -0.2) is 17.7 Å². The van der Waals surface area contributed by atoms with Gasteiger partial charge in [0.2, 0.25) is 0 Å². The second kappa shape index (κ2) is 4.01. The Balaban J connectivity index is 3.08. The highest BCUT2D eigenvalue weighted by Gasteiger charge is 2.19. The summed E-state index contributed by atoms with van der Waals surface area (Å²) in [4.78, 5) is 0. The number of rotatable bonds is 2. The van der Waals surface area contributed by atoms with E-state index in [-0.39, 0.29) is 0 Å². The minimum absolute atomic E-state index is 0.482. The maximum atomic E-state index is 12.5. The molecule has 0 aliphatic heterocycles. The summed E-state index contributed by atoms with van der Waals surface area (Å²) < 4.78 is 52.4. The van der Waals surface area contributed by atoms with Crippen molar-refractivity contribution in [2.45, 2.75) is 0 Å². The van der Waals surface area contributed by atoms with Crippen LogP contribution in [-0.2, 0) is 4.57 Å². The van der Waals surface area contributed by atoms with Crippen LogP contribution in [0.15, 0.2) is 12.1 Å². The van der Waals surface area contributed by atoms with Crippen molar-refractivity contribution in [2.75, 3.05) is 0 Å². The van der Waals surface area contributed by atoms with E-state index in [1.165, 1.54) is 0 Å². The highest BCUT2D eigenvalue weighted by Crippen LogP contribution is 2.57. The molecule has 0 unspecified atom stereocenters. The summed E-state index contributed by atoms with van der Waals surface area (Å²) in [5, 5.41) is 0. The van der Waals surface area contributed by atoms with Gasteiger partial charge in [-0.15, -0.1) is 0 Å². The van der Waals surface area contributed by atoms with E-state index in [1.54, 1.807) is 0 Å². The van der Waals surface area contributed by atoms with Crippen molar-refractivity contribution in [1.29, 1.82) is 0 Å². The molecule has 0 N–H and O–H groups in total. The summed E-state index contributed by atoms with van der Waals surface area (Å²) in [5.41, 5.74) is 0. The van der Waals surface area contributed by atoms with Gasteiger partial charge in [0, 0.05) is 34.6 Å². The maximum absolute atomic E-state index is 12.5. The molecule has 0 spiro atoms.